The minimum Gasteiger partial charge on any atom is -0.397 e. The third-order valence-electron chi connectivity index (χ3n) is 3.15. The summed E-state index contributed by atoms with van der Waals surface area (Å²) in [5.41, 5.74) is 8.80. The van der Waals surface area contributed by atoms with Gasteiger partial charge in [0.15, 0.2) is 5.16 Å². The molecule has 6 nitrogen and oxygen atoms in total. The molecule has 1 aromatic heterocycles. The lowest BCUT2D eigenvalue weighted by Gasteiger charge is -2.10. The van der Waals surface area contributed by atoms with Crippen molar-refractivity contribution in [3.8, 4) is 0 Å². The van der Waals surface area contributed by atoms with Crippen molar-refractivity contribution < 1.29 is 8.42 Å². The predicted molar refractivity (Wildman–Crippen MR) is 82.6 cm³/mol. The maximum absolute atomic E-state index is 11.5. The molecule has 112 valence electrons. The average Bonchev–Trinajstić information content (AvgIpc) is 2.37. The van der Waals surface area contributed by atoms with E-state index in [1.165, 1.54) is 17.8 Å². The lowest BCUT2D eigenvalue weighted by Crippen LogP contribution is -2.14. The molecule has 0 spiro atoms. The van der Waals surface area contributed by atoms with Crippen molar-refractivity contribution in [1.29, 1.82) is 0 Å². The van der Waals surface area contributed by atoms with Crippen LogP contribution in [0.25, 0.3) is 0 Å². The summed E-state index contributed by atoms with van der Waals surface area (Å²) in [7, 11) is -3.85. The van der Waals surface area contributed by atoms with E-state index < -0.39 is 10.0 Å². The Bertz CT molecular complexity index is 781. The zero-order valence-electron chi connectivity index (χ0n) is 11.9. The van der Waals surface area contributed by atoms with Crippen molar-refractivity contribution in [3.63, 3.8) is 0 Å². The van der Waals surface area contributed by atoms with Gasteiger partial charge in [0.2, 0.25) is 10.0 Å². The fourth-order valence-electron chi connectivity index (χ4n) is 1.75. The van der Waals surface area contributed by atoms with Crippen LogP contribution in [0.15, 0.2) is 33.1 Å². The van der Waals surface area contributed by atoms with E-state index in [1.54, 1.807) is 12.1 Å². The van der Waals surface area contributed by atoms with Crippen LogP contribution < -0.4 is 10.9 Å². The Morgan fingerprint density at radius 2 is 1.67 bits per heavy atom. The number of hydrogen-bond donors (Lipinski definition) is 2. The number of benzene rings is 1. The molecule has 1 aromatic carbocycles. The van der Waals surface area contributed by atoms with Crippen molar-refractivity contribution >= 4 is 27.5 Å². The van der Waals surface area contributed by atoms with Gasteiger partial charge in [-0.15, -0.1) is 0 Å². The van der Waals surface area contributed by atoms with Gasteiger partial charge in [-0.2, -0.15) is 0 Å². The van der Waals surface area contributed by atoms with E-state index in [4.69, 9.17) is 10.9 Å². The van der Waals surface area contributed by atoms with Crippen molar-refractivity contribution in [2.45, 2.75) is 35.7 Å². The normalized spacial score (nSPS) is 11.6. The zero-order chi connectivity index (χ0) is 15.8. The number of primary sulfonamides is 1. The van der Waals surface area contributed by atoms with Gasteiger partial charge in [-0.3, -0.25) is 0 Å². The van der Waals surface area contributed by atoms with Crippen LogP contribution in [0.2, 0.25) is 0 Å². The average molecular weight is 324 g/mol. The third kappa shape index (κ3) is 3.34. The molecule has 0 fully saturated rings. The second-order valence-corrected chi connectivity index (χ2v) is 7.16. The Hall–Kier alpha value is -1.64. The van der Waals surface area contributed by atoms with Crippen LogP contribution in [0.3, 0.4) is 0 Å². The minimum atomic E-state index is -3.85. The molecular formula is C13H16N4O2S2. The number of nitrogen functional groups attached to an aromatic ring is 1. The number of rotatable bonds is 3. The molecule has 0 aliphatic heterocycles. The molecule has 1 heterocycles. The second kappa shape index (κ2) is 5.63. The van der Waals surface area contributed by atoms with Crippen molar-refractivity contribution in [2.75, 3.05) is 5.73 Å². The first-order chi connectivity index (χ1) is 9.70. The number of nitrogens with two attached hydrogens (primary N) is 2. The molecule has 2 aromatic rings. The summed E-state index contributed by atoms with van der Waals surface area (Å²) in [6.07, 6.45) is 0. The molecular weight excluding hydrogens is 308 g/mol. The molecule has 0 saturated heterocycles. The van der Waals surface area contributed by atoms with Crippen LogP contribution in [0.4, 0.5) is 5.69 Å². The lowest BCUT2D eigenvalue weighted by atomic mass is 10.2. The predicted octanol–water partition coefficient (Wildman–Crippen LogP) is 1.78. The van der Waals surface area contributed by atoms with Crippen LogP contribution in [0, 0.1) is 20.8 Å². The molecule has 0 amide bonds. The van der Waals surface area contributed by atoms with Crippen molar-refractivity contribution in [1.82, 2.24) is 9.97 Å². The molecule has 21 heavy (non-hydrogen) atoms. The van der Waals surface area contributed by atoms with Gasteiger partial charge in [-0.25, -0.2) is 23.5 Å². The number of aromatic nitrogens is 2. The van der Waals surface area contributed by atoms with E-state index in [2.05, 4.69) is 9.97 Å². The largest absolute Gasteiger partial charge is 0.397 e. The molecule has 0 saturated carbocycles. The Balaban J connectivity index is 2.46. The first-order valence-electron chi connectivity index (χ1n) is 6.11. The van der Waals surface area contributed by atoms with Gasteiger partial charge in [-0.05, 0) is 50.2 Å². The van der Waals surface area contributed by atoms with Crippen LogP contribution in [-0.2, 0) is 10.0 Å². The summed E-state index contributed by atoms with van der Waals surface area (Å²) >= 11 is 1.21. The van der Waals surface area contributed by atoms with E-state index in [9.17, 15) is 8.42 Å². The topological polar surface area (TPSA) is 112 Å². The van der Waals surface area contributed by atoms with E-state index >= 15 is 0 Å². The Morgan fingerprint density at radius 1 is 1.10 bits per heavy atom. The summed E-state index contributed by atoms with van der Waals surface area (Å²) in [6, 6.07) is 4.68. The fourth-order valence-corrected chi connectivity index (χ4v) is 3.42. The second-order valence-electron chi connectivity index (χ2n) is 4.62. The summed E-state index contributed by atoms with van der Waals surface area (Å²) in [5.74, 6) is 0. The number of nitrogens with zero attached hydrogens (tertiary/aromatic N) is 2. The Kier molecular flexibility index (Phi) is 4.22. The molecule has 0 aliphatic carbocycles. The van der Waals surface area contributed by atoms with Crippen LogP contribution in [0.1, 0.15) is 17.0 Å². The van der Waals surface area contributed by atoms with Crippen LogP contribution >= 0.6 is 11.8 Å². The van der Waals surface area contributed by atoms with Crippen LogP contribution in [-0.4, -0.2) is 18.4 Å². The molecule has 4 N–H and O–H groups in total. The molecule has 0 bridgehead atoms. The van der Waals surface area contributed by atoms with E-state index in [-0.39, 0.29) is 10.6 Å². The minimum absolute atomic E-state index is 0.0898. The highest BCUT2D eigenvalue weighted by Crippen LogP contribution is 2.33. The molecule has 0 unspecified atom stereocenters. The lowest BCUT2D eigenvalue weighted by molar-refractivity contribution is 0.598. The number of anilines is 1. The number of sulfonamides is 1. The zero-order valence-corrected chi connectivity index (χ0v) is 13.5. The summed E-state index contributed by atoms with van der Waals surface area (Å²) < 4.78 is 22.9. The monoisotopic (exact) mass is 324 g/mol. The maximum Gasteiger partial charge on any atom is 0.240 e. The highest BCUT2D eigenvalue weighted by molar-refractivity contribution is 7.99. The molecule has 2 rings (SSSR count). The van der Waals surface area contributed by atoms with Gasteiger partial charge >= 0.3 is 0 Å². The van der Waals surface area contributed by atoms with Gasteiger partial charge in [0.1, 0.15) is 4.90 Å². The fraction of sp³-hybridized carbons (Fsp3) is 0.231. The van der Waals surface area contributed by atoms with Gasteiger partial charge in [-0.1, -0.05) is 6.07 Å². The first-order valence-corrected chi connectivity index (χ1v) is 8.47. The third-order valence-corrected chi connectivity index (χ3v) is 5.06. The molecule has 0 atom stereocenters. The van der Waals surface area contributed by atoms with E-state index in [1.807, 2.05) is 20.8 Å². The highest BCUT2D eigenvalue weighted by Gasteiger charge is 2.16. The SMILES string of the molecule is Cc1nc(Sc2cccc(S(N)(=O)=O)c2N)nc(C)c1C. The number of para-hydroxylation sites is 1. The summed E-state index contributed by atoms with van der Waals surface area (Å²) in [5, 5.41) is 5.66. The van der Waals surface area contributed by atoms with Gasteiger partial charge in [0.25, 0.3) is 0 Å². The van der Waals surface area contributed by atoms with Crippen molar-refractivity contribution in [3.05, 3.63) is 35.2 Å². The van der Waals surface area contributed by atoms with Gasteiger partial charge in [0, 0.05) is 16.3 Å². The van der Waals surface area contributed by atoms with Gasteiger partial charge in [0.05, 0.1) is 5.69 Å². The van der Waals surface area contributed by atoms with E-state index in [0.29, 0.717) is 10.1 Å². The van der Waals surface area contributed by atoms with Gasteiger partial charge < -0.3 is 5.73 Å². The first kappa shape index (κ1) is 15.7. The quantitative estimate of drug-likeness (QED) is 0.657. The Morgan fingerprint density at radius 3 is 2.19 bits per heavy atom. The standard InChI is InChI=1S/C13H16N4O2S2/c1-7-8(2)16-13(17-9(7)3)20-10-5-4-6-11(12(10)14)21(15,18)19/h4-6H,14H2,1-3H3,(H2,15,18,19). The number of aryl methyl sites for hydroxylation is 2. The molecule has 0 aliphatic rings. The Labute approximate surface area is 128 Å². The smallest absolute Gasteiger partial charge is 0.240 e. The molecule has 0 radical (unpaired) electrons. The number of hydrogen-bond acceptors (Lipinski definition) is 6. The maximum atomic E-state index is 11.5. The van der Waals surface area contributed by atoms with Crippen LogP contribution in [0.5, 0.6) is 0 Å². The summed E-state index contributed by atoms with van der Waals surface area (Å²) in [4.78, 5) is 9.22. The highest BCUT2D eigenvalue weighted by atomic mass is 32.2. The van der Waals surface area contributed by atoms with Crippen molar-refractivity contribution in [2.24, 2.45) is 5.14 Å². The van der Waals surface area contributed by atoms with E-state index in [0.717, 1.165) is 17.0 Å². The summed E-state index contributed by atoms with van der Waals surface area (Å²) in [6.45, 7) is 5.76. The molecule has 8 heteroatoms.